The van der Waals surface area contributed by atoms with Crippen molar-refractivity contribution in [2.75, 3.05) is 31.5 Å². The molecule has 2 aliphatic heterocycles. The molecule has 2 saturated heterocycles. The second-order valence-corrected chi connectivity index (χ2v) is 8.26. The molecule has 0 aliphatic carbocycles. The molecule has 0 unspecified atom stereocenters. The first kappa shape index (κ1) is 19.8. The molecule has 0 saturated carbocycles. The zero-order valence-electron chi connectivity index (χ0n) is 17.6. The summed E-state index contributed by atoms with van der Waals surface area (Å²) in [5, 5.41) is 12.5. The number of hydrogen-bond donors (Lipinski definition) is 2. The lowest BCUT2D eigenvalue weighted by atomic mass is 10.1. The van der Waals surface area contributed by atoms with Crippen molar-refractivity contribution in [1.29, 1.82) is 0 Å². The molecule has 8 nitrogen and oxygen atoms in total. The first-order valence-corrected chi connectivity index (χ1v) is 11.2. The van der Waals surface area contributed by atoms with E-state index in [1.54, 1.807) is 12.3 Å². The van der Waals surface area contributed by atoms with E-state index < -0.39 is 0 Å². The standard InChI is InChI=1S/C23H28N6O2/c30-23(28-13-2-1-3-14-28)17-7-4-9-19(15-17)31-29-22-20(10-6-12-25-22)21(27-29)26-18-8-5-11-24-16-18/h4,6-7,9-10,12,15,18,24H,1-3,5,8,11,13-14,16H2,(H,26,27)/t18-/m1/s1. The number of aromatic nitrogens is 3. The van der Waals surface area contributed by atoms with E-state index in [4.69, 9.17) is 4.84 Å². The van der Waals surface area contributed by atoms with Crippen LogP contribution in [0.1, 0.15) is 42.5 Å². The first-order chi connectivity index (χ1) is 15.3. The van der Waals surface area contributed by atoms with E-state index in [0.29, 0.717) is 23.0 Å². The highest BCUT2D eigenvalue weighted by atomic mass is 16.7. The highest BCUT2D eigenvalue weighted by molar-refractivity contribution is 5.94. The van der Waals surface area contributed by atoms with Crippen molar-refractivity contribution in [3.05, 3.63) is 48.2 Å². The number of pyridine rings is 1. The summed E-state index contributed by atoms with van der Waals surface area (Å²) in [7, 11) is 0. The normalized spacial score (nSPS) is 19.4. The summed E-state index contributed by atoms with van der Waals surface area (Å²) in [5.74, 6) is 1.38. The largest absolute Gasteiger partial charge is 0.364 e. The molecule has 2 fully saturated rings. The minimum Gasteiger partial charge on any atom is -0.364 e. The number of amides is 1. The molecule has 31 heavy (non-hydrogen) atoms. The van der Waals surface area contributed by atoms with Gasteiger partial charge >= 0.3 is 0 Å². The summed E-state index contributed by atoms with van der Waals surface area (Å²) in [6, 6.07) is 11.5. The van der Waals surface area contributed by atoms with Crippen molar-refractivity contribution >= 4 is 22.8 Å². The predicted molar refractivity (Wildman–Crippen MR) is 119 cm³/mol. The van der Waals surface area contributed by atoms with Gasteiger partial charge in [-0.2, -0.15) is 0 Å². The Morgan fingerprint density at radius 2 is 2.03 bits per heavy atom. The van der Waals surface area contributed by atoms with E-state index in [-0.39, 0.29) is 5.91 Å². The van der Waals surface area contributed by atoms with Crippen molar-refractivity contribution in [3.8, 4) is 5.75 Å². The van der Waals surface area contributed by atoms with Crippen molar-refractivity contribution in [2.45, 2.75) is 38.1 Å². The molecule has 0 bridgehead atoms. The number of carbonyl (C=O) groups is 1. The maximum Gasteiger partial charge on any atom is 0.253 e. The number of benzene rings is 1. The van der Waals surface area contributed by atoms with E-state index in [2.05, 4.69) is 20.7 Å². The van der Waals surface area contributed by atoms with Crippen LogP contribution in [-0.2, 0) is 0 Å². The zero-order valence-corrected chi connectivity index (χ0v) is 17.6. The molecule has 2 aliphatic rings. The summed E-state index contributed by atoms with van der Waals surface area (Å²) >= 11 is 0. The quantitative estimate of drug-likeness (QED) is 0.660. The second-order valence-electron chi connectivity index (χ2n) is 8.26. The van der Waals surface area contributed by atoms with Gasteiger partial charge in [0.05, 0.1) is 5.39 Å². The highest BCUT2D eigenvalue weighted by Gasteiger charge is 2.20. The molecule has 3 aromatic rings. The summed E-state index contributed by atoms with van der Waals surface area (Å²) in [6.45, 7) is 3.62. The number of likely N-dealkylation sites (tertiary alicyclic amines) is 1. The van der Waals surface area contributed by atoms with Crippen molar-refractivity contribution in [2.24, 2.45) is 0 Å². The van der Waals surface area contributed by atoms with E-state index in [9.17, 15) is 4.79 Å². The van der Waals surface area contributed by atoms with Crippen LogP contribution in [0.4, 0.5) is 5.82 Å². The monoisotopic (exact) mass is 420 g/mol. The van der Waals surface area contributed by atoms with Crippen molar-refractivity contribution in [3.63, 3.8) is 0 Å². The Balaban J connectivity index is 1.38. The molecule has 0 spiro atoms. The van der Waals surface area contributed by atoms with E-state index in [0.717, 1.165) is 63.1 Å². The van der Waals surface area contributed by atoms with Gasteiger partial charge in [0.1, 0.15) is 0 Å². The number of carbonyl (C=O) groups excluding carboxylic acids is 1. The third kappa shape index (κ3) is 4.34. The molecule has 1 amide bonds. The Morgan fingerprint density at radius 3 is 2.87 bits per heavy atom. The van der Waals surface area contributed by atoms with Gasteiger partial charge in [-0.15, -0.1) is 5.10 Å². The molecule has 0 radical (unpaired) electrons. The lowest BCUT2D eigenvalue weighted by Crippen LogP contribution is -2.38. The average molecular weight is 421 g/mol. The topological polar surface area (TPSA) is 84.3 Å². The third-order valence-electron chi connectivity index (χ3n) is 5.97. The molecule has 8 heteroatoms. The van der Waals surface area contributed by atoms with Crippen LogP contribution in [0, 0.1) is 0 Å². The second kappa shape index (κ2) is 8.93. The van der Waals surface area contributed by atoms with Gasteiger partial charge in [0.25, 0.3) is 5.91 Å². The van der Waals surface area contributed by atoms with E-state index in [1.165, 1.54) is 11.3 Å². The molecule has 5 rings (SSSR count). The van der Waals surface area contributed by atoms with Gasteiger partial charge in [-0.3, -0.25) is 4.79 Å². The smallest absolute Gasteiger partial charge is 0.253 e. The van der Waals surface area contributed by atoms with Crippen LogP contribution in [0.15, 0.2) is 42.6 Å². The molecular formula is C23H28N6O2. The Hall–Kier alpha value is -3.13. The van der Waals surface area contributed by atoms with Gasteiger partial charge < -0.3 is 20.4 Å². The fraction of sp³-hybridized carbons (Fsp3) is 0.435. The predicted octanol–water partition coefficient (Wildman–Crippen LogP) is 3.06. The Morgan fingerprint density at radius 1 is 1.13 bits per heavy atom. The first-order valence-electron chi connectivity index (χ1n) is 11.2. The van der Waals surface area contributed by atoms with E-state index in [1.807, 2.05) is 35.2 Å². The fourth-order valence-corrected chi connectivity index (χ4v) is 4.33. The lowest BCUT2D eigenvalue weighted by Gasteiger charge is -2.26. The molecule has 4 heterocycles. The number of fused-ring (bicyclic) bond motifs is 1. The van der Waals surface area contributed by atoms with Crippen LogP contribution in [0.3, 0.4) is 0 Å². The average Bonchev–Trinajstić information content (AvgIpc) is 3.17. The zero-order chi connectivity index (χ0) is 21.0. The van der Waals surface area contributed by atoms with E-state index >= 15 is 0 Å². The summed E-state index contributed by atoms with van der Waals surface area (Å²) < 4.78 is 0. The molecule has 162 valence electrons. The Kier molecular flexibility index (Phi) is 5.71. The van der Waals surface area contributed by atoms with Crippen LogP contribution in [0.5, 0.6) is 5.75 Å². The minimum atomic E-state index is 0.0563. The number of nitrogens with one attached hydrogen (secondary N) is 2. The summed E-state index contributed by atoms with van der Waals surface area (Å²) in [4.78, 5) is 26.8. The number of hydrogen-bond acceptors (Lipinski definition) is 6. The van der Waals surface area contributed by atoms with Gasteiger partial charge in [-0.25, -0.2) is 4.98 Å². The molecule has 1 aromatic carbocycles. The van der Waals surface area contributed by atoms with Crippen molar-refractivity contribution < 1.29 is 9.63 Å². The molecule has 1 atom stereocenters. The van der Waals surface area contributed by atoms with Gasteiger partial charge in [-0.1, -0.05) is 10.9 Å². The Labute approximate surface area is 181 Å². The SMILES string of the molecule is O=C(c1cccc(On2nc(N[C@@H]3CCCNC3)c3cccnc32)c1)N1CCCCC1. The van der Waals surface area contributed by atoms with Gasteiger partial charge in [0.15, 0.2) is 11.6 Å². The number of anilines is 1. The van der Waals surface area contributed by atoms with Crippen LogP contribution >= 0.6 is 0 Å². The fourth-order valence-electron chi connectivity index (χ4n) is 4.33. The van der Waals surface area contributed by atoms with Crippen LogP contribution in [0.2, 0.25) is 0 Å². The number of nitrogens with zero attached hydrogens (tertiary/aromatic N) is 4. The maximum absolute atomic E-state index is 12.9. The Bertz CT molecular complexity index is 1050. The number of piperidine rings is 2. The molecule has 2 N–H and O–H groups in total. The summed E-state index contributed by atoms with van der Waals surface area (Å²) in [5.41, 5.74) is 1.27. The van der Waals surface area contributed by atoms with Gasteiger partial charge in [0, 0.05) is 37.4 Å². The summed E-state index contributed by atoms with van der Waals surface area (Å²) in [6.07, 6.45) is 7.30. The van der Waals surface area contributed by atoms with Gasteiger partial charge in [-0.05, 0) is 69.0 Å². The van der Waals surface area contributed by atoms with Gasteiger partial charge in [0.2, 0.25) is 5.65 Å². The van der Waals surface area contributed by atoms with Crippen molar-refractivity contribution in [1.82, 2.24) is 25.1 Å². The minimum absolute atomic E-state index is 0.0563. The molecular weight excluding hydrogens is 392 g/mol. The van der Waals surface area contributed by atoms with Crippen LogP contribution in [-0.4, -0.2) is 58.0 Å². The molecule has 2 aromatic heterocycles. The lowest BCUT2D eigenvalue weighted by molar-refractivity contribution is 0.0723. The third-order valence-corrected chi connectivity index (χ3v) is 5.97. The van der Waals surface area contributed by atoms with Crippen LogP contribution < -0.4 is 15.5 Å². The van der Waals surface area contributed by atoms with Crippen LogP contribution in [0.25, 0.3) is 11.0 Å². The maximum atomic E-state index is 12.9. The highest BCUT2D eigenvalue weighted by Crippen LogP contribution is 2.24. The number of rotatable bonds is 5.